The van der Waals surface area contributed by atoms with Crippen molar-refractivity contribution < 1.29 is 14.3 Å². The summed E-state index contributed by atoms with van der Waals surface area (Å²) in [5.41, 5.74) is 2.82. The summed E-state index contributed by atoms with van der Waals surface area (Å²) in [7, 11) is 0. The first-order chi connectivity index (χ1) is 15.6. The summed E-state index contributed by atoms with van der Waals surface area (Å²) in [5, 5.41) is 5.95. The molecule has 0 aromatic heterocycles. The molecule has 0 radical (unpaired) electrons. The Morgan fingerprint density at radius 3 is 2.24 bits per heavy atom. The van der Waals surface area contributed by atoms with E-state index < -0.39 is 0 Å². The number of carbonyl (C=O) groups is 2. The second kappa shape index (κ2) is 10.8. The largest absolute Gasteiger partial charge is 0.372 e. The van der Waals surface area contributed by atoms with Crippen LogP contribution in [0.4, 0.5) is 4.79 Å². The Hall–Kier alpha value is -2.86. The predicted molar refractivity (Wildman–Crippen MR) is 131 cm³/mol. The number of carbonyl (C=O) groups excluding carboxylic acids is 2. The van der Waals surface area contributed by atoms with Crippen LogP contribution in [0.5, 0.6) is 0 Å². The molecular weight excluding hydrogens is 414 g/mol. The monoisotopic (exact) mass is 451 g/mol. The number of hydrogen-bond acceptors (Lipinski definition) is 3. The topological polar surface area (TPSA) is 70.7 Å². The van der Waals surface area contributed by atoms with Crippen LogP contribution in [0.1, 0.15) is 62.5 Å². The van der Waals surface area contributed by atoms with E-state index in [0.717, 1.165) is 12.0 Å². The van der Waals surface area contributed by atoms with E-state index in [2.05, 4.69) is 36.6 Å². The Balaban J connectivity index is 1.47. The minimum Gasteiger partial charge on any atom is -0.372 e. The third kappa shape index (κ3) is 7.06. The maximum absolute atomic E-state index is 12.8. The van der Waals surface area contributed by atoms with E-state index >= 15 is 0 Å². The molecule has 0 aliphatic carbocycles. The molecule has 1 fully saturated rings. The highest BCUT2D eigenvalue weighted by Gasteiger charge is 2.27. The number of benzene rings is 2. The quantitative estimate of drug-likeness (QED) is 0.652. The first kappa shape index (κ1) is 24.8. The Bertz CT molecular complexity index is 917. The molecule has 2 N–H and O–H groups in total. The molecule has 1 aliphatic heterocycles. The summed E-state index contributed by atoms with van der Waals surface area (Å²) in [6, 6.07) is 17.6. The smallest absolute Gasteiger partial charge is 0.315 e. The number of nitrogens with one attached hydrogen (secondary N) is 2. The van der Waals surface area contributed by atoms with Gasteiger partial charge in [-0.1, -0.05) is 56.3 Å². The van der Waals surface area contributed by atoms with E-state index in [0.29, 0.717) is 25.2 Å². The van der Waals surface area contributed by atoms with E-state index in [9.17, 15) is 9.59 Å². The zero-order chi connectivity index (χ0) is 24.0. The molecule has 0 bridgehead atoms. The molecular formula is C27H37N3O3. The Labute approximate surface area is 197 Å². The molecule has 33 heavy (non-hydrogen) atoms. The number of hydrogen-bond donors (Lipinski definition) is 2. The van der Waals surface area contributed by atoms with Crippen molar-refractivity contribution in [3.8, 4) is 0 Å². The highest BCUT2D eigenvalue weighted by Crippen LogP contribution is 2.28. The van der Waals surface area contributed by atoms with Gasteiger partial charge in [0, 0.05) is 31.2 Å². The fourth-order valence-electron chi connectivity index (χ4n) is 4.57. The fourth-order valence-corrected chi connectivity index (χ4v) is 4.57. The van der Waals surface area contributed by atoms with Crippen LogP contribution in [0, 0.1) is 0 Å². The summed E-state index contributed by atoms with van der Waals surface area (Å²) in [4.78, 5) is 27.0. The molecule has 3 rings (SSSR count). The van der Waals surface area contributed by atoms with Crippen LogP contribution in [0.25, 0.3) is 0 Å². The average Bonchev–Trinajstić information content (AvgIpc) is 2.77. The number of rotatable bonds is 7. The third-order valence-corrected chi connectivity index (χ3v) is 6.11. The average molecular weight is 452 g/mol. The molecule has 178 valence electrons. The van der Waals surface area contributed by atoms with Gasteiger partial charge in [-0.05, 0) is 55.9 Å². The van der Waals surface area contributed by atoms with Crippen LogP contribution in [-0.4, -0.2) is 48.2 Å². The highest BCUT2D eigenvalue weighted by atomic mass is 16.5. The molecule has 1 aliphatic rings. The second-order valence-electron chi connectivity index (χ2n) is 9.85. The zero-order valence-electron chi connectivity index (χ0n) is 20.4. The van der Waals surface area contributed by atoms with E-state index in [4.69, 9.17) is 4.74 Å². The Morgan fingerprint density at radius 1 is 1.03 bits per heavy atom. The number of ether oxygens (including phenoxy) is 1. The lowest BCUT2D eigenvalue weighted by molar-refractivity contribution is -0.0586. The number of amides is 3. The summed E-state index contributed by atoms with van der Waals surface area (Å²) >= 11 is 0. The highest BCUT2D eigenvalue weighted by molar-refractivity contribution is 5.94. The van der Waals surface area contributed by atoms with Crippen LogP contribution >= 0.6 is 0 Å². The predicted octanol–water partition coefficient (Wildman–Crippen LogP) is 4.49. The van der Waals surface area contributed by atoms with Gasteiger partial charge in [-0.2, -0.15) is 0 Å². The first-order valence-electron chi connectivity index (χ1n) is 11.8. The van der Waals surface area contributed by atoms with Crippen LogP contribution in [-0.2, 0) is 16.7 Å². The first-order valence-corrected chi connectivity index (χ1v) is 11.8. The van der Waals surface area contributed by atoms with Crippen molar-refractivity contribution in [1.82, 2.24) is 15.5 Å². The zero-order valence-corrected chi connectivity index (χ0v) is 20.4. The lowest BCUT2D eigenvalue weighted by atomic mass is 9.79. The van der Waals surface area contributed by atoms with Gasteiger partial charge >= 0.3 is 6.03 Å². The molecule has 1 saturated heterocycles. The Kier molecular flexibility index (Phi) is 8.14. The van der Waals surface area contributed by atoms with Gasteiger partial charge in [0.25, 0.3) is 5.91 Å². The molecule has 3 amide bonds. The van der Waals surface area contributed by atoms with E-state index in [1.807, 2.05) is 68.1 Å². The van der Waals surface area contributed by atoms with Gasteiger partial charge in [-0.15, -0.1) is 0 Å². The molecule has 0 spiro atoms. The fraction of sp³-hybridized carbons (Fsp3) is 0.481. The van der Waals surface area contributed by atoms with Gasteiger partial charge in [0.2, 0.25) is 0 Å². The molecule has 6 nitrogen and oxygen atoms in total. The van der Waals surface area contributed by atoms with Gasteiger partial charge < -0.3 is 20.3 Å². The number of urea groups is 1. The van der Waals surface area contributed by atoms with Gasteiger partial charge in [0.15, 0.2) is 0 Å². The normalized spacial score (nSPS) is 19.6. The maximum atomic E-state index is 12.8. The van der Waals surface area contributed by atoms with Crippen LogP contribution in [0.3, 0.4) is 0 Å². The summed E-state index contributed by atoms with van der Waals surface area (Å²) in [6.45, 7) is 12.0. The van der Waals surface area contributed by atoms with Crippen LogP contribution < -0.4 is 10.6 Å². The van der Waals surface area contributed by atoms with Crippen molar-refractivity contribution >= 4 is 11.9 Å². The van der Waals surface area contributed by atoms with E-state index in [1.165, 1.54) is 5.56 Å². The molecule has 3 atom stereocenters. The lowest BCUT2D eigenvalue weighted by Gasteiger charge is -2.35. The van der Waals surface area contributed by atoms with Gasteiger partial charge in [0.05, 0.1) is 12.2 Å². The molecule has 2 aromatic rings. The number of nitrogens with zero attached hydrogens (tertiary/aromatic N) is 1. The van der Waals surface area contributed by atoms with Crippen molar-refractivity contribution in [1.29, 1.82) is 0 Å². The van der Waals surface area contributed by atoms with Crippen molar-refractivity contribution in [3.05, 3.63) is 71.3 Å². The summed E-state index contributed by atoms with van der Waals surface area (Å²) in [6.07, 6.45) is 0.917. The minimum atomic E-state index is -0.192. The standard InChI is InChI=1S/C27H37N3O3/c1-19(15-27(4,5)24-9-7-6-8-10-24)29-26(32)28-16-22-11-13-23(14-12-22)25(31)30-17-20(2)33-21(3)18-30/h6-14,19-21H,15-18H2,1-5H3,(H2,28,29,32). The van der Waals surface area contributed by atoms with Gasteiger partial charge in [-0.25, -0.2) is 4.79 Å². The Morgan fingerprint density at radius 2 is 1.64 bits per heavy atom. The molecule has 2 aromatic carbocycles. The number of morpholine rings is 1. The van der Waals surface area contributed by atoms with Gasteiger partial charge in [-0.3, -0.25) is 4.79 Å². The van der Waals surface area contributed by atoms with E-state index in [-0.39, 0.29) is 35.6 Å². The van der Waals surface area contributed by atoms with Crippen molar-refractivity contribution in [2.24, 2.45) is 0 Å². The second-order valence-corrected chi connectivity index (χ2v) is 9.85. The summed E-state index contributed by atoms with van der Waals surface area (Å²) < 4.78 is 5.71. The van der Waals surface area contributed by atoms with Crippen LogP contribution in [0.2, 0.25) is 0 Å². The lowest BCUT2D eigenvalue weighted by Crippen LogP contribution is -2.48. The minimum absolute atomic E-state index is 0.0177. The van der Waals surface area contributed by atoms with Crippen LogP contribution in [0.15, 0.2) is 54.6 Å². The maximum Gasteiger partial charge on any atom is 0.315 e. The van der Waals surface area contributed by atoms with Gasteiger partial charge in [0.1, 0.15) is 0 Å². The molecule has 1 heterocycles. The van der Waals surface area contributed by atoms with E-state index in [1.54, 1.807) is 0 Å². The van der Waals surface area contributed by atoms with Crippen molar-refractivity contribution in [2.45, 2.75) is 71.2 Å². The SMILES string of the molecule is CC(CC(C)(C)c1ccccc1)NC(=O)NCc1ccc(C(=O)N2CC(C)OC(C)C2)cc1. The third-order valence-electron chi connectivity index (χ3n) is 6.11. The molecule has 3 unspecified atom stereocenters. The van der Waals surface area contributed by atoms with Crippen molar-refractivity contribution in [3.63, 3.8) is 0 Å². The molecule has 6 heteroatoms. The van der Waals surface area contributed by atoms with Crippen molar-refractivity contribution in [2.75, 3.05) is 13.1 Å². The molecule has 0 saturated carbocycles. The summed E-state index contributed by atoms with van der Waals surface area (Å²) in [5.74, 6) is 0.0177.